The van der Waals surface area contributed by atoms with Crippen molar-refractivity contribution >= 4 is 11.6 Å². The number of fused-ring (bicyclic) bond motifs is 1. The molecule has 3 aromatic heterocycles. The van der Waals surface area contributed by atoms with Gasteiger partial charge >= 0.3 is 6.18 Å². The number of halogens is 3. The van der Waals surface area contributed by atoms with Crippen LogP contribution in [-0.2, 0) is 6.18 Å². The van der Waals surface area contributed by atoms with Gasteiger partial charge in [0.1, 0.15) is 11.3 Å². The van der Waals surface area contributed by atoms with E-state index in [1.54, 1.807) is 47.4 Å². The van der Waals surface area contributed by atoms with E-state index in [2.05, 4.69) is 10.1 Å². The number of alkyl halides is 3. The van der Waals surface area contributed by atoms with Crippen LogP contribution in [0.25, 0.3) is 16.9 Å². The van der Waals surface area contributed by atoms with Gasteiger partial charge in [-0.05, 0) is 31.0 Å². The van der Waals surface area contributed by atoms with E-state index in [-0.39, 0.29) is 22.9 Å². The summed E-state index contributed by atoms with van der Waals surface area (Å²) in [4.78, 5) is 19.3. The van der Waals surface area contributed by atoms with Crippen molar-refractivity contribution in [3.63, 3.8) is 0 Å². The van der Waals surface area contributed by atoms with Crippen molar-refractivity contribution in [3.05, 3.63) is 78.0 Å². The maximum Gasteiger partial charge on any atom is 0.433 e. The zero-order valence-corrected chi connectivity index (χ0v) is 16.2. The highest BCUT2D eigenvalue weighted by molar-refractivity contribution is 6.00. The summed E-state index contributed by atoms with van der Waals surface area (Å²) in [5.41, 5.74) is -0.436. The van der Waals surface area contributed by atoms with Crippen LogP contribution in [0.1, 0.15) is 40.7 Å². The lowest BCUT2D eigenvalue weighted by atomic mass is 10.1. The highest BCUT2D eigenvalue weighted by Gasteiger charge is 2.38. The Bertz CT molecular complexity index is 1230. The Hall–Kier alpha value is -3.62. The Balaban J connectivity index is 1.64. The van der Waals surface area contributed by atoms with Gasteiger partial charge < -0.3 is 9.32 Å². The third-order valence-corrected chi connectivity index (χ3v) is 5.45. The third-order valence-electron chi connectivity index (χ3n) is 5.45. The van der Waals surface area contributed by atoms with E-state index in [1.165, 1.54) is 6.26 Å². The Morgan fingerprint density at radius 3 is 2.65 bits per heavy atom. The lowest BCUT2D eigenvalue weighted by molar-refractivity contribution is -0.142. The van der Waals surface area contributed by atoms with Crippen LogP contribution < -0.4 is 0 Å². The van der Waals surface area contributed by atoms with Crippen LogP contribution in [0.4, 0.5) is 13.2 Å². The molecule has 1 aliphatic heterocycles. The number of benzene rings is 1. The van der Waals surface area contributed by atoms with Crippen molar-refractivity contribution in [2.45, 2.75) is 25.1 Å². The topological polar surface area (TPSA) is 63.6 Å². The van der Waals surface area contributed by atoms with E-state index in [9.17, 15) is 18.0 Å². The molecule has 1 aromatic carbocycles. The second-order valence-corrected chi connectivity index (χ2v) is 7.36. The van der Waals surface area contributed by atoms with Crippen LogP contribution in [0.5, 0.6) is 0 Å². The first kappa shape index (κ1) is 19.3. The fraction of sp³-hybridized carbons (Fsp3) is 0.227. The zero-order chi connectivity index (χ0) is 21.6. The molecule has 0 saturated carbocycles. The summed E-state index contributed by atoms with van der Waals surface area (Å²) in [6.07, 6.45) is -0.482. The number of furan rings is 1. The van der Waals surface area contributed by atoms with E-state index in [1.807, 2.05) is 0 Å². The van der Waals surface area contributed by atoms with Crippen molar-refractivity contribution in [3.8, 4) is 11.3 Å². The van der Waals surface area contributed by atoms with Gasteiger partial charge in [-0.1, -0.05) is 30.3 Å². The molecule has 0 N–H and O–H groups in total. The first-order valence-electron chi connectivity index (χ1n) is 9.79. The number of likely N-dealkylation sites (tertiary alicyclic amines) is 1. The molecule has 0 bridgehead atoms. The monoisotopic (exact) mass is 426 g/mol. The average Bonchev–Trinajstić information content (AvgIpc) is 3.52. The van der Waals surface area contributed by atoms with Crippen molar-refractivity contribution in [1.29, 1.82) is 0 Å². The van der Waals surface area contributed by atoms with Crippen LogP contribution in [0, 0.1) is 0 Å². The van der Waals surface area contributed by atoms with E-state index in [0.29, 0.717) is 22.4 Å². The maximum atomic E-state index is 13.8. The second-order valence-electron chi connectivity index (χ2n) is 7.36. The molecule has 1 unspecified atom stereocenters. The Morgan fingerprint density at radius 1 is 1.13 bits per heavy atom. The van der Waals surface area contributed by atoms with Gasteiger partial charge in [-0.15, -0.1) is 0 Å². The Labute approximate surface area is 174 Å². The van der Waals surface area contributed by atoms with Gasteiger partial charge in [-0.25, -0.2) is 9.50 Å². The minimum absolute atomic E-state index is 0.0294. The number of hydrogen-bond acceptors (Lipinski definition) is 4. The predicted octanol–water partition coefficient (Wildman–Crippen LogP) is 4.99. The number of carbonyl (C=O) groups is 1. The van der Waals surface area contributed by atoms with Gasteiger partial charge in [0.2, 0.25) is 0 Å². The lowest BCUT2D eigenvalue weighted by Crippen LogP contribution is -2.30. The normalized spacial score (nSPS) is 16.9. The molecule has 5 rings (SSSR count). The molecule has 0 spiro atoms. The lowest BCUT2D eigenvalue weighted by Gasteiger charge is -2.22. The fourth-order valence-corrected chi connectivity index (χ4v) is 4.01. The van der Waals surface area contributed by atoms with Crippen LogP contribution in [0.3, 0.4) is 0 Å². The molecule has 9 heteroatoms. The van der Waals surface area contributed by atoms with Gasteiger partial charge in [0.15, 0.2) is 11.3 Å². The molecular formula is C22H17F3N4O2. The average molecular weight is 426 g/mol. The second kappa shape index (κ2) is 7.26. The molecule has 1 aliphatic rings. The smallest absolute Gasteiger partial charge is 0.433 e. The molecule has 31 heavy (non-hydrogen) atoms. The molecule has 0 radical (unpaired) electrons. The Morgan fingerprint density at radius 2 is 1.94 bits per heavy atom. The maximum absolute atomic E-state index is 13.8. The molecule has 158 valence electrons. The van der Waals surface area contributed by atoms with Gasteiger partial charge in [0, 0.05) is 12.1 Å². The number of carbonyl (C=O) groups excluding carboxylic acids is 1. The predicted molar refractivity (Wildman–Crippen MR) is 105 cm³/mol. The van der Waals surface area contributed by atoms with E-state index in [4.69, 9.17) is 4.42 Å². The molecule has 1 fully saturated rings. The number of rotatable bonds is 3. The molecule has 4 heterocycles. The third kappa shape index (κ3) is 3.35. The molecule has 4 aromatic rings. The zero-order valence-electron chi connectivity index (χ0n) is 16.2. The van der Waals surface area contributed by atoms with Crippen molar-refractivity contribution in [2.24, 2.45) is 0 Å². The number of nitrogens with zero attached hydrogens (tertiary/aromatic N) is 4. The summed E-state index contributed by atoms with van der Waals surface area (Å²) < 4.78 is 47.5. The van der Waals surface area contributed by atoms with E-state index >= 15 is 0 Å². The van der Waals surface area contributed by atoms with Crippen LogP contribution in [-0.4, -0.2) is 31.9 Å². The number of hydrogen-bond donors (Lipinski definition) is 0. The van der Waals surface area contributed by atoms with Gasteiger partial charge in [-0.3, -0.25) is 4.79 Å². The summed E-state index contributed by atoms with van der Waals surface area (Å²) in [7, 11) is 0. The molecular weight excluding hydrogens is 409 g/mol. The summed E-state index contributed by atoms with van der Waals surface area (Å²) in [5, 5.41) is 3.86. The summed E-state index contributed by atoms with van der Waals surface area (Å²) in [6.45, 7) is 0.478. The summed E-state index contributed by atoms with van der Waals surface area (Å²) >= 11 is 0. The summed E-state index contributed by atoms with van der Waals surface area (Å²) in [6, 6.07) is 12.8. The standard InChI is InChI=1S/C22H17F3N4O2/c23-22(24,25)19-12-16(14-6-2-1-3-7-14)27-20-15(13-26-29(19)20)21(30)28-10-4-8-17(28)18-9-5-11-31-18/h1-3,5-7,9,11-13,17H,4,8,10H2. The van der Waals surface area contributed by atoms with Gasteiger partial charge in [0.05, 0.1) is 24.2 Å². The Kier molecular flexibility index (Phi) is 4.53. The van der Waals surface area contributed by atoms with Crippen molar-refractivity contribution in [2.75, 3.05) is 6.54 Å². The van der Waals surface area contributed by atoms with Crippen LogP contribution in [0.15, 0.2) is 65.4 Å². The van der Waals surface area contributed by atoms with Gasteiger partial charge in [0.25, 0.3) is 5.91 Å². The van der Waals surface area contributed by atoms with Crippen LogP contribution in [0.2, 0.25) is 0 Å². The highest BCUT2D eigenvalue weighted by atomic mass is 19.4. The SMILES string of the molecule is O=C(c1cnn2c(C(F)(F)F)cc(-c3ccccc3)nc12)N1CCCC1c1ccco1. The minimum Gasteiger partial charge on any atom is -0.467 e. The van der Waals surface area contributed by atoms with Gasteiger partial charge in [-0.2, -0.15) is 18.3 Å². The van der Waals surface area contributed by atoms with E-state index < -0.39 is 17.8 Å². The number of aromatic nitrogens is 3. The molecule has 1 amide bonds. The molecule has 6 nitrogen and oxygen atoms in total. The van der Waals surface area contributed by atoms with Crippen LogP contribution >= 0.6 is 0 Å². The number of amides is 1. The summed E-state index contributed by atoms with van der Waals surface area (Å²) in [5.74, 6) is 0.232. The molecule has 1 saturated heterocycles. The fourth-order valence-electron chi connectivity index (χ4n) is 4.01. The quantitative estimate of drug-likeness (QED) is 0.463. The van der Waals surface area contributed by atoms with Crippen molar-refractivity contribution in [1.82, 2.24) is 19.5 Å². The largest absolute Gasteiger partial charge is 0.467 e. The minimum atomic E-state index is -4.67. The van der Waals surface area contributed by atoms with Crippen molar-refractivity contribution < 1.29 is 22.4 Å². The first-order valence-corrected chi connectivity index (χ1v) is 9.79. The highest BCUT2D eigenvalue weighted by Crippen LogP contribution is 2.36. The molecule has 1 atom stereocenters. The first-order chi connectivity index (χ1) is 14.9. The van der Waals surface area contributed by atoms with E-state index in [0.717, 1.165) is 25.1 Å². The molecule has 0 aliphatic carbocycles.